The molecule has 0 bridgehead atoms. The van der Waals surface area contributed by atoms with Crippen molar-refractivity contribution < 1.29 is 0 Å². The summed E-state index contributed by atoms with van der Waals surface area (Å²) in [6.07, 6.45) is 14.6. The number of aryl methyl sites for hydroxylation is 1. The monoisotopic (exact) mass is 554 g/mol. The zero-order valence-corrected chi connectivity index (χ0v) is 23.5. The number of pyridine rings is 4. The maximum atomic E-state index is 4.90. The highest BCUT2D eigenvalue weighted by Crippen LogP contribution is 2.35. The molecule has 0 fully saturated rings. The Morgan fingerprint density at radius 2 is 0.744 bits per heavy atom. The molecule has 0 atom stereocenters. The van der Waals surface area contributed by atoms with E-state index in [0.717, 1.165) is 67.0 Å². The van der Waals surface area contributed by atoms with Crippen molar-refractivity contribution >= 4 is 0 Å². The van der Waals surface area contributed by atoms with Crippen molar-refractivity contribution in [1.82, 2.24) is 29.9 Å². The molecular formula is C37H26N6. The van der Waals surface area contributed by atoms with Crippen LogP contribution in [0.2, 0.25) is 0 Å². The first kappa shape index (κ1) is 26.0. The number of hydrogen-bond donors (Lipinski definition) is 0. The van der Waals surface area contributed by atoms with E-state index in [4.69, 9.17) is 9.97 Å². The SMILES string of the molecule is Cc1nc(-c2cc(-c3ccncc3)cc(-c3cccnc3)c2)cc(-c2cc(-c3ccncc3)cc(-c3cccnc3)c2)n1. The standard InChI is InChI=1S/C37H26N6/c1-25-42-36(34-18-30(26-6-12-38-13-7-26)16-32(20-34)28-4-2-10-40-23-28)22-37(43-25)35-19-31(27-8-14-39-15-9-27)17-33(21-35)29-5-3-11-41-24-29/h2-24H,1H3. The number of hydrogen-bond acceptors (Lipinski definition) is 6. The third kappa shape index (κ3) is 5.67. The largest absolute Gasteiger partial charge is 0.265 e. The smallest absolute Gasteiger partial charge is 0.126 e. The summed E-state index contributed by atoms with van der Waals surface area (Å²) in [7, 11) is 0. The van der Waals surface area contributed by atoms with Crippen molar-refractivity contribution in [3.63, 3.8) is 0 Å². The Morgan fingerprint density at radius 3 is 1.14 bits per heavy atom. The maximum Gasteiger partial charge on any atom is 0.126 e. The summed E-state index contributed by atoms with van der Waals surface area (Å²) in [5, 5.41) is 0. The van der Waals surface area contributed by atoms with E-state index < -0.39 is 0 Å². The van der Waals surface area contributed by atoms with Crippen molar-refractivity contribution in [2.45, 2.75) is 6.92 Å². The normalized spacial score (nSPS) is 10.9. The van der Waals surface area contributed by atoms with Crippen LogP contribution < -0.4 is 0 Å². The molecule has 7 rings (SSSR count). The van der Waals surface area contributed by atoms with Crippen LogP contribution in [0.15, 0.2) is 141 Å². The molecule has 0 radical (unpaired) electrons. The van der Waals surface area contributed by atoms with Gasteiger partial charge in [-0.05, 0) is 119 Å². The van der Waals surface area contributed by atoms with Gasteiger partial charge >= 0.3 is 0 Å². The molecule has 0 aliphatic carbocycles. The van der Waals surface area contributed by atoms with Crippen LogP contribution in [0, 0.1) is 6.92 Å². The molecule has 0 unspecified atom stereocenters. The van der Waals surface area contributed by atoms with Crippen LogP contribution in [0.3, 0.4) is 0 Å². The lowest BCUT2D eigenvalue weighted by atomic mass is 9.94. The molecule has 204 valence electrons. The Labute approximate surface area is 249 Å². The van der Waals surface area contributed by atoms with Crippen molar-refractivity contribution in [2.75, 3.05) is 0 Å². The van der Waals surface area contributed by atoms with Gasteiger partial charge in [-0.25, -0.2) is 9.97 Å². The molecule has 0 N–H and O–H groups in total. The fourth-order valence-corrected chi connectivity index (χ4v) is 5.24. The number of nitrogens with zero attached hydrogens (tertiary/aromatic N) is 6. The molecule has 5 heterocycles. The van der Waals surface area contributed by atoms with E-state index in [0.29, 0.717) is 5.82 Å². The number of aromatic nitrogens is 6. The van der Waals surface area contributed by atoms with Gasteiger partial charge in [-0.3, -0.25) is 19.9 Å². The Balaban J connectivity index is 1.40. The lowest BCUT2D eigenvalue weighted by molar-refractivity contribution is 1.06. The van der Waals surface area contributed by atoms with Crippen LogP contribution in [0.5, 0.6) is 0 Å². The average molecular weight is 555 g/mol. The van der Waals surface area contributed by atoms with E-state index >= 15 is 0 Å². The first-order valence-electron chi connectivity index (χ1n) is 14.0. The predicted octanol–water partition coefficient (Wildman–Crippen LogP) is 8.37. The van der Waals surface area contributed by atoms with E-state index in [-0.39, 0.29) is 0 Å². The summed E-state index contributed by atoms with van der Waals surface area (Å²) in [5.41, 5.74) is 12.2. The van der Waals surface area contributed by atoms with E-state index in [1.165, 1.54) is 0 Å². The van der Waals surface area contributed by atoms with Crippen LogP contribution in [0.25, 0.3) is 67.0 Å². The van der Waals surface area contributed by atoms with Gasteiger partial charge in [0, 0.05) is 71.8 Å². The van der Waals surface area contributed by atoms with Gasteiger partial charge < -0.3 is 0 Å². The highest BCUT2D eigenvalue weighted by molar-refractivity contribution is 5.83. The maximum absolute atomic E-state index is 4.90. The van der Waals surface area contributed by atoms with Crippen molar-refractivity contribution in [3.05, 3.63) is 146 Å². The summed E-state index contributed by atoms with van der Waals surface area (Å²) < 4.78 is 0. The van der Waals surface area contributed by atoms with Gasteiger partial charge in [-0.2, -0.15) is 0 Å². The van der Waals surface area contributed by atoms with Crippen LogP contribution in [0.4, 0.5) is 0 Å². The van der Waals surface area contributed by atoms with Gasteiger partial charge in [-0.15, -0.1) is 0 Å². The Morgan fingerprint density at radius 1 is 0.349 bits per heavy atom. The van der Waals surface area contributed by atoms with Crippen LogP contribution in [-0.2, 0) is 0 Å². The van der Waals surface area contributed by atoms with Crippen LogP contribution in [0.1, 0.15) is 5.82 Å². The molecule has 0 aliphatic rings. The van der Waals surface area contributed by atoms with Gasteiger partial charge in [0.25, 0.3) is 0 Å². The first-order chi connectivity index (χ1) is 21.2. The molecule has 43 heavy (non-hydrogen) atoms. The quantitative estimate of drug-likeness (QED) is 0.206. The van der Waals surface area contributed by atoms with Gasteiger partial charge in [0.2, 0.25) is 0 Å². The summed E-state index contributed by atoms with van der Waals surface area (Å²) >= 11 is 0. The minimum atomic E-state index is 0.696. The second-order valence-electron chi connectivity index (χ2n) is 10.2. The Bertz CT molecular complexity index is 1750. The molecule has 7 aromatic rings. The van der Waals surface area contributed by atoms with Gasteiger partial charge in [0.15, 0.2) is 0 Å². The van der Waals surface area contributed by atoms with Crippen LogP contribution >= 0.6 is 0 Å². The van der Waals surface area contributed by atoms with Crippen LogP contribution in [-0.4, -0.2) is 29.9 Å². The zero-order valence-electron chi connectivity index (χ0n) is 23.5. The molecule has 5 aromatic heterocycles. The van der Waals surface area contributed by atoms with Gasteiger partial charge in [0.1, 0.15) is 5.82 Å². The van der Waals surface area contributed by atoms with E-state index in [1.54, 1.807) is 12.4 Å². The summed E-state index contributed by atoms with van der Waals surface area (Å²) in [6.45, 7) is 1.94. The lowest BCUT2D eigenvalue weighted by Crippen LogP contribution is -1.96. The van der Waals surface area contributed by atoms with Crippen molar-refractivity contribution in [1.29, 1.82) is 0 Å². The minimum Gasteiger partial charge on any atom is -0.265 e. The van der Waals surface area contributed by atoms with Gasteiger partial charge in [-0.1, -0.05) is 12.1 Å². The molecule has 0 spiro atoms. The molecule has 0 saturated carbocycles. The third-order valence-corrected chi connectivity index (χ3v) is 7.31. The second kappa shape index (κ2) is 11.5. The second-order valence-corrected chi connectivity index (χ2v) is 10.2. The highest BCUT2D eigenvalue weighted by Gasteiger charge is 2.14. The summed E-state index contributed by atoms with van der Waals surface area (Å²) in [6, 6.07) is 31.3. The molecule has 0 saturated heterocycles. The fourth-order valence-electron chi connectivity index (χ4n) is 5.24. The molecule has 2 aromatic carbocycles. The van der Waals surface area contributed by atoms with Crippen molar-refractivity contribution in [3.8, 4) is 67.0 Å². The van der Waals surface area contributed by atoms with E-state index in [1.807, 2.05) is 80.5 Å². The number of rotatable bonds is 6. The average Bonchev–Trinajstić information content (AvgIpc) is 3.09. The molecule has 6 nitrogen and oxygen atoms in total. The minimum absolute atomic E-state index is 0.696. The summed E-state index contributed by atoms with van der Waals surface area (Å²) in [5.74, 6) is 0.696. The molecule has 0 aliphatic heterocycles. The predicted molar refractivity (Wildman–Crippen MR) is 171 cm³/mol. The van der Waals surface area contributed by atoms with Crippen molar-refractivity contribution in [2.24, 2.45) is 0 Å². The molecule has 6 heteroatoms. The Kier molecular flexibility index (Phi) is 6.99. The molecular weight excluding hydrogens is 528 g/mol. The first-order valence-corrected chi connectivity index (χ1v) is 14.0. The third-order valence-electron chi connectivity index (χ3n) is 7.31. The van der Waals surface area contributed by atoms with E-state index in [9.17, 15) is 0 Å². The highest BCUT2D eigenvalue weighted by atomic mass is 14.9. The van der Waals surface area contributed by atoms with Gasteiger partial charge in [0.05, 0.1) is 11.4 Å². The topological polar surface area (TPSA) is 77.3 Å². The zero-order chi connectivity index (χ0) is 29.0. The summed E-state index contributed by atoms with van der Waals surface area (Å²) in [4.78, 5) is 26.9. The van der Waals surface area contributed by atoms with E-state index in [2.05, 4.69) is 74.5 Å². The molecule has 0 amide bonds. The fraction of sp³-hybridized carbons (Fsp3) is 0.0270. The Hall–Kier alpha value is -5.88. The number of benzene rings is 2. The lowest BCUT2D eigenvalue weighted by Gasteiger charge is -2.13.